The molecule has 192 valence electrons. The summed E-state index contributed by atoms with van der Waals surface area (Å²) in [5.41, 5.74) is 0. The highest BCUT2D eigenvalue weighted by atomic mass is 28.4. The van der Waals surface area contributed by atoms with Crippen LogP contribution in [0.3, 0.4) is 0 Å². The molecule has 2 atom stereocenters. The van der Waals surface area contributed by atoms with Crippen LogP contribution >= 0.6 is 0 Å². The Bertz CT molecular complexity index is 1750. The normalized spacial score (nSPS) is 14.5. The predicted molar refractivity (Wildman–Crippen MR) is 170 cm³/mol. The van der Waals surface area contributed by atoms with Crippen LogP contribution < -0.4 is 25.5 Å². The van der Waals surface area contributed by atoms with Crippen molar-refractivity contribution < 1.29 is 8.85 Å². The van der Waals surface area contributed by atoms with E-state index in [0.717, 1.165) is 11.1 Å². The van der Waals surface area contributed by atoms with E-state index in [1.165, 1.54) is 36.9 Å². The van der Waals surface area contributed by atoms with Gasteiger partial charge >= 0.3 is 0 Å². The molecular weight excluding hydrogens is 509 g/mol. The van der Waals surface area contributed by atoms with Crippen LogP contribution in [0.4, 0.5) is 0 Å². The van der Waals surface area contributed by atoms with Crippen molar-refractivity contribution in [3.8, 4) is 5.75 Å². The fourth-order valence-corrected chi connectivity index (χ4v) is 15.6. The Kier molecular flexibility index (Phi) is 6.69. The van der Waals surface area contributed by atoms with E-state index in [-0.39, 0.29) is 0 Å². The molecule has 0 aliphatic heterocycles. The quantitative estimate of drug-likeness (QED) is 0.228. The molecule has 0 N–H and O–H groups in total. The number of fused-ring (bicyclic) bond motifs is 2. The molecule has 0 fully saturated rings. The summed E-state index contributed by atoms with van der Waals surface area (Å²) in [5, 5.41) is 9.91. The first-order valence-electron chi connectivity index (χ1n) is 13.4. The molecule has 6 rings (SSSR count). The van der Waals surface area contributed by atoms with Gasteiger partial charge in [0.15, 0.2) is 0 Å². The maximum Gasteiger partial charge on any atom is 0.242 e. The van der Waals surface area contributed by atoms with Crippen LogP contribution in [0, 0.1) is 0 Å². The van der Waals surface area contributed by atoms with Crippen molar-refractivity contribution in [2.24, 2.45) is 0 Å². The molecule has 0 aliphatic carbocycles. The highest BCUT2D eigenvalue weighted by molar-refractivity contribution is 7.09. The molecule has 0 saturated heterocycles. The molecule has 0 amide bonds. The van der Waals surface area contributed by atoms with E-state index in [2.05, 4.69) is 153 Å². The monoisotopic (exact) mass is 540 g/mol. The van der Waals surface area contributed by atoms with E-state index in [9.17, 15) is 0 Å². The third-order valence-electron chi connectivity index (χ3n) is 7.98. The number of ether oxygens (including phenoxy) is 1. The Morgan fingerprint density at radius 1 is 0.436 bits per heavy atom. The van der Waals surface area contributed by atoms with Crippen LogP contribution in [0.5, 0.6) is 5.75 Å². The van der Waals surface area contributed by atoms with Gasteiger partial charge in [0.1, 0.15) is 5.75 Å². The second-order valence-electron chi connectivity index (χ2n) is 10.3. The summed E-state index contributed by atoms with van der Waals surface area (Å²) in [7, 11) is -3.79. The van der Waals surface area contributed by atoms with Crippen LogP contribution in [-0.4, -0.2) is 23.7 Å². The smallest absolute Gasteiger partial charge is 0.242 e. The average molecular weight is 541 g/mol. The molecule has 0 bridgehead atoms. The summed E-state index contributed by atoms with van der Waals surface area (Å²) in [6.45, 7) is 4.75. The van der Waals surface area contributed by atoms with Gasteiger partial charge in [-0.3, -0.25) is 0 Å². The molecule has 0 radical (unpaired) electrons. The SMILES string of the molecule is COc1ccc([Si@@](C)(O[Si@@](C)(c2ccccc2)c2cccc3ccccc23)c2ccccc2)c2ccccc12. The molecule has 39 heavy (non-hydrogen) atoms. The summed E-state index contributed by atoms with van der Waals surface area (Å²) in [6, 6.07) is 50.0. The van der Waals surface area contributed by atoms with Crippen molar-refractivity contribution >= 4 is 58.9 Å². The second kappa shape index (κ2) is 10.3. The van der Waals surface area contributed by atoms with Crippen LogP contribution in [0.2, 0.25) is 13.1 Å². The molecule has 0 saturated carbocycles. The van der Waals surface area contributed by atoms with Gasteiger partial charge in [-0.25, -0.2) is 0 Å². The van der Waals surface area contributed by atoms with E-state index >= 15 is 0 Å². The summed E-state index contributed by atoms with van der Waals surface area (Å²) in [6.07, 6.45) is 0. The van der Waals surface area contributed by atoms with Gasteiger partial charge in [-0.15, -0.1) is 0 Å². The number of benzene rings is 6. The largest absolute Gasteiger partial charge is 0.496 e. The van der Waals surface area contributed by atoms with Crippen molar-refractivity contribution in [3.63, 3.8) is 0 Å². The molecule has 0 unspecified atom stereocenters. The Hall–Kier alpha value is -3.97. The summed E-state index contributed by atoms with van der Waals surface area (Å²) < 4.78 is 13.7. The Balaban J connectivity index is 1.65. The van der Waals surface area contributed by atoms with Gasteiger partial charge in [0.05, 0.1) is 7.11 Å². The maximum absolute atomic E-state index is 7.90. The minimum Gasteiger partial charge on any atom is -0.496 e. The molecule has 6 aromatic carbocycles. The number of methoxy groups -OCH3 is 1. The minimum absolute atomic E-state index is 0.885. The summed E-state index contributed by atoms with van der Waals surface area (Å²) in [4.78, 5) is 0. The maximum atomic E-state index is 7.90. The average Bonchev–Trinajstić information content (AvgIpc) is 3.01. The first-order valence-corrected chi connectivity index (χ1v) is 18.2. The van der Waals surface area contributed by atoms with Crippen molar-refractivity contribution in [2.75, 3.05) is 7.11 Å². The van der Waals surface area contributed by atoms with Gasteiger partial charge in [-0.05, 0) is 56.1 Å². The highest BCUT2D eigenvalue weighted by Gasteiger charge is 2.46. The van der Waals surface area contributed by atoms with E-state index in [1.54, 1.807) is 7.11 Å². The van der Waals surface area contributed by atoms with Crippen LogP contribution in [0.1, 0.15) is 0 Å². The lowest BCUT2D eigenvalue weighted by molar-refractivity contribution is 0.420. The lowest BCUT2D eigenvalue weighted by atomic mass is 10.1. The Labute approximate surface area is 232 Å². The Morgan fingerprint density at radius 3 is 1.54 bits per heavy atom. The van der Waals surface area contributed by atoms with Crippen molar-refractivity contribution in [3.05, 3.63) is 140 Å². The minimum atomic E-state index is -2.78. The number of hydrogen-bond donors (Lipinski definition) is 0. The number of hydrogen-bond acceptors (Lipinski definition) is 2. The summed E-state index contributed by atoms with van der Waals surface area (Å²) >= 11 is 0. The fraction of sp³-hybridized carbons (Fsp3) is 0.0857. The van der Waals surface area contributed by atoms with E-state index < -0.39 is 16.6 Å². The van der Waals surface area contributed by atoms with Gasteiger partial charge in [0.25, 0.3) is 0 Å². The highest BCUT2D eigenvalue weighted by Crippen LogP contribution is 2.28. The standard InChI is InChI=1S/C35H32O2Si2/c1-36-33-25-26-35(32-23-13-12-22-31(32)33)39(3,29-19-8-5-9-20-29)37-38(2,28-17-6-4-7-18-28)34-24-14-16-27-15-10-11-21-30(27)34/h4-26H,1-3H3/t38-,39-/m0/s1. The fourth-order valence-electron chi connectivity index (χ4n) is 5.97. The lowest BCUT2D eigenvalue weighted by Gasteiger charge is -2.40. The van der Waals surface area contributed by atoms with E-state index in [4.69, 9.17) is 8.85 Å². The molecule has 6 aromatic rings. The van der Waals surface area contributed by atoms with Crippen molar-refractivity contribution in [1.82, 2.24) is 0 Å². The molecule has 0 heterocycles. The first-order chi connectivity index (χ1) is 19.0. The summed E-state index contributed by atoms with van der Waals surface area (Å²) in [5.74, 6) is 0.885. The topological polar surface area (TPSA) is 18.5 Å². The third kappa shape index (κ3) is 4.41. The molecule has 0 aromatic heterocycles. The zero-order chi connectivity index (χ0) is 26.9. The van der Waals surface area contributed by atoms with E-state index in [1.807, 2.05) is 0 Å². The Morgan fingerprint density at radius 2 is 0.923 bits per heavy atom. The van der Waals surface area contributed by atoms with Gasteiger partial charge in [-0.2, -0.15) is 0 Å². The van der Waals surface area contributed by atoms with Crippen LogP contribution in [0.15, 0.2) is 140 Å². The predicted octanol–water partition coefficient (Wildman–Crippen LogP) is 6.10. The van der Waals surface area contributed by atoms with Gasteiger partial charge in [0.2, 0.25) is 16.6 Å². The van der Waals surface area contributed by atoms with Crippen molar-refractivity contribution in [2.45, 2.75) is 13.1 Å². The van der Waals surface area contributed by atoms with Crippen LogP contribution in [-0.2, 0) is 4.12 Å². The van der Waals surface area contributed by atoms with Gasteiger partial charge < -0.3 is 8.85 Å². The first kappa shape index (κ1) is 25.3. The zero-order valence-corrected chi connectivity index (χ0v) is 24.6. The lowest BCUT2D eigenvalue weighted by Crippen LogP contribution is -2.70. The zero-order valence-electron chi connectivity index (χ0n) is 22.6. The molecule has 0 aliphatic rings. The third-order valence-corrected chi connectivity index (χ3v) is 17.0. The molecule has 0 spiro atoms. The molecular formula is C35H32O2Si2. The second-order valence-corrected chi connectivity index (χ2v) is 17.5. The van der Waals surface area contributed by atoms with Gasteiger partial charge in [-0.1, -0.05) is 133 Å². The molecule has 2 nitrogen and oxygen atoms in total. The van der Waals surface area contributed by atoms with Gasteiger partial charge in [0, 0.05) is 5.39 Å². The molecule has 4 heteroatoms. The van der Waals surface area contributed by atoms with Crippen molar-refractivity contribution in [1.29, 1.82) is 0 Å². The number of rotatable bonds is 7. The van der Waals surface area contributed by atoms with Crippen LogP contribution in [0.25, 0.3) is 21.5 Å². The van der Waals surface area contributed by atoms with E-state index in [0.29, 0.717) is 0 Å².